The van der Waals surface area contributed by atoms with Crippen LogP contribution in [0.15, 0.2) is 24.3 Å². The Morgan fingerprint density at radius 2 is 2.06 bits per heavy atom. The third kappa shape index (κ3) is 4.31. The molecule has 0 aliphatic carbocycles. The highest BCUT2D eigenvalue weighted by molar-refractivity contribution is 5.79. The lowest BCUT2D eigenvalue weighted by Crippen LogP contribution is -2.45. The number of hydrogen-bond acceptors (Lipinski definition) is 3. The van der Waals surface area contributed by atoms with Gasteiger partial charge in [-0.3, -0.25) is 4.79 Å². The molecule has 0 fully saturated rings. The quantitative estimate of drug-likeness (QED) is 0.705. The molecular formula is C12H18N2O2. The highest BCUT2D eigenvalue weighted by Gasteiger charge is 2.13. The number of rotatable bonds is 4. The molecule has 1 rings (SSSR count). The second-order valence-corrected chi connectivity index (χ2v) is 4.57. The summed E-state index contributed by atoms with van der Waals surface area (Å²) in [5, 5.41) is 12.2. The first-order valence-corrected chi connectivity index (χ1v) is 5.21. The minimum absolute atomic E-state index is 0.139. The molecule has 88 valence electrons. The average molecular weight is 222 g/mol. The number of hydrogen-bond donors (Lipinski definition) is 3. The Labute approximate surface area is 95.5 Å². The molecule has 1 aromatic rings. The third-order valence-corrected chi connectivity index (χ3v) is 2.08. The Bertz CT molecular complexity index is 370. The zero-order chi connectivity index (χ0) is 12.2. The van der Waals surface area contributed by atoms with E-state index in [9.17, 15) is 9.90 Å². The summed E-state index contributed by atoms with van der Waals surface area (Å²) in [4.78, 5) is 11.5. The van der Waals surface area contributed by atoms with Crippen molar-refractivity contribution in [2.24, 2.45) is 5.73 Å². The van der Waals surface area contributed by atoms with Gasteiger partial charge in [0.1, 0.15) is 5.75 Å². The van der Waals surface area contributed by atoms with E-state index in [4.69, 9.17) is 5.73 Å². The molecule has 1 aromatic carbocycles. The highest BCUT2D eigenvalue weighted by Crippen LogP contribution is 2.15. The fraction of sp³-hybridized carbons (Fsp3) is 0.417. The molecule has 0 spiro atoms. The lowest BCUT2D eigenvalue weighted by molar-refractivity contribution is -0.120. The summed E-state index contributed by atoms with van der Waals surface area (Å²) < 4.78 is 0. The summed E-state index contributed by atoms with van der Waals surface area (Å²) in [7, 11) is 0. The molecule has 4 N–H and O–H groups in total. The topological polar surface area (TPSA) is 75.3 Å². The minimum Gasteiger partial charge on any atom is -0.508 e. The number of nitrogens with two attached hydrogens (primary N) is 1. The van der Waals surface area contributed by atoms with Crippen LogP contribution in [0.4, 0.5) is 0 Å². The molecule has 0 heterocycles. The molecule has 4 nitrogen and oxygen atoms in total. The van der Waals surface area contributed by atoms with Crippen LogP contribution in [0.3, 0.4) is 0 Å². The third-order valence-electron chi connectivity index (χ3n) is 2.08. The van der Waals surface area contributed by atoms with Crippen LogP contribution in [0.25, 0.3) is 0 Å². The van der Waals surface area contributed by atoms with Crippen LogP contribution in [-0.2, 0) is 11.2 Å². The number of carbonyl (C=O) groups excluding carboxylic acids is 1. The summed E-state index contributed by atoms with van der Waals surface area (Å²) in [6.45, 7) is 4.10. The lowest BCUT2D eigenvalue weighted by atomic mass is 10.1. The van der Waals surface area contributed by atoms with Crippen molar-refractivity contribution in [1.29, 1.82) is 0 Å². The number of nitrogens with one attached hydrogen (secondary N) is 1. The molecule has 0 aliphatic rings. The molecule has 0 atom stereocenters. The van der Waals surface area contributed by atoms with Crippen molar-refractivity contribution in [3.63, 3.8) is 0 Å². The van der Waals surface area contributed by atoms with Gasteiger partial charge in [-0.15, -0.1) is 0 Å². The van der Waals surface area contributed by atoms with E-state index in [1.54, 1.807) is 24.3 Å². The molecule has 0 bridgehead atoms. The van der Waals surface area contributed by atoms with Gasteiger partial charge in [0.15, 0.2) is 0 Å². The number of phenols is 1. The second-order valence-electron chi connectivity index (χ2n) is 4.57. The summed E-state index contributed by atoms with van der Waals surface area (Å²) in [5.74, 6) is 0.00434. The van der Waals surface area contributed by atoms with Crippen LogP contribution >= 0.6 is 0 Å². The van der Waals surface area contributed by atoms with Crippen LogP contribution in [0.2, 0.25) is 0 Å². The molecular weight excluding hydrogens is 204 g/mol. The van der Waals surface area contributed by atoms with Crippen LogP contribution in [0, 0.1) is 0 Å². The van der Waals surface area contributed by atoms with Crippen molar-refractivity contribution in [2.75, 3.05) is 6.54 Å². The van der Waals surface area contributed by atoms with Crippen molar-refractivity contribution in [3.05, 3.63) is 29.8 Å². The maximum atomic E-state index is 11.5. The molecule has 0 radical (unpaired) electrons. The van der Waals surface area contributed by atoms with Gasteiger partial charge in [0, 0.05) is 17.6 Å². The number of carbonyl (C=O) groups is 1. The standard InChI is InChI=1S/C12H18N2O2/c1-12(2,13)8-14-11(16)7-9-5-3-4-6-10(9)15/h3-6,15H,7-8,13H2,1-2H3,(H,14,16). The maximum absolute atomic E-state index is 11.5. The van der Waals surface area contributed by atoms with Gasteiger partial charge >= 0.3 is 0 Å². The van der Waals surface area contributed by atoms with Crippen molar-refractivity contribution >= 4 is 5.91 Å². The van der Waals surface area contributed by atoms with E-state index < -0.39 is 5.54 Å². The number of aromatic hydroxyl groups is 1. The SMILES string of the molecule is CC(C)(N)CNC(=O)Cc1ccccc1O. The van der Waals surface area contributed by atoms with Crippen LogP contribution in [-0.4, -0.2) is 23.1 Å². The molecule has 0 saturated heterocycles. The van der Waals surface area contributed by atoms with E-state index in [0.29, 0.717) is 12.1 Å². The highest BCUT2D eigenvalue weighted by atomic mass is 16.3. The fourth-order valence-corrected chi connectivity index (χ4v) is 1.22. The Morgan fingerprint density at radius 3 is 2.62 bits per heavy atom. The Kier molecular flexibility index (Phi) is 3.90. The Morgan fingerprint density at radius 1 is 1.44 bits per heavy atom. The Hall–Kier alpha value is -1.55. The zero-order valence-corrected chi connectivity index (χ0v) is 9.66. The number of amides is 1. The van der Waals surface area contributed by atoms with Gasteiger partial charge < -0.3 is 16.2 Å². The van der Waals surface area contributed by atoms with Gasteiger partial charge in [-0.1, -0.05) is 18.2 Å². The smallest absolute Gasteiger partial charge is 0.224 e. The summed E-state index contributed by atoms with van der Waals surface area (Å²) in [6, 6.07) is 6.80. The van der Waals surface area contributed by atoms with E-state index in [1.807, 2.05) is 13.8 Å². The van der Waals surface area contributed by atoms with E-state index in [-0.39, 0.29) is 18.1 Å². The van der Waals surface area contributed by atoms with Crippen LogP contribution < -0.4 is 11.1 Å². The first kappa shape index (κ1) is 12.5. The number of phenolic OH excluding ortho intramolecular Hbond substituents is 1. The Balaban J connectivity index is 2.50. The largest absolute Gasteiger partial charge is 0.508 e. The molecule has 4 heteroatoms. The maximum Gasteiger partial charge on any atom is 0.224 e. The van der Waals surface area contributed by atoms with E-state index in [2.05, 4.69) is 5.32 Å². The summed E-state index contributed by atoms with van der Waals surface area (Å²) >= 11 is 0. The fourth-order valence-electron chi connectivity index (χ4n) is 1.22. The average Bonchev–Trinajstić information content (AvgIpc) is 2.18. The predicted molar refractivity (Wildman–Crippen MR) is 63.1 cm³/mol. The van der Waals surface area contributed by atoms with E-state index in [0.717, 1.165) is 0 Å². The molecule has 1 amide bonds. The molecule has 0 aromatic heterocycles. The van der Waals surface area contributed by atoms with Gasteiger partial charge in [-0.2, -0.15) is 0 Å². The summed E-state index contributed by atoms with van der Waals surface area (Å²) in [6.07, 6.45) is 0.169. The minimum atomic E-state index is -0.422. The first-order valence-electron chi connectivity index (χ1n) is 5.21. The molecule has 0 aliphatic heterocycles. The van der Waals surface area contributed by atoms with E-state index >= 15 is 0 Å². The van der Waals surface area contributed by atoms with Crippen molar-refractivity contribution in [3.8, 4) is 5.75 Å². The van der Waals surface area contributed by atoms with Gasteiger partial charge in [0.25, 0.3) is 0 Å². The summed E-state index contributed by atoms with van der Waals surface area (Å²) in [5.41, 5.74) is 5.94. The van der Waals surface area contributed by atoms with Crippen LogP contribution in [0.1, 0.15) is 19.4 Å². The van der Waals surface area contributed by atoms with Crippen molar-refractivity contribution < 1.29 is 9.90 Å². The lowest BCUT2D eigenvalue weighted by Gasteiger charge is -2.18. The van der Waals surface area contributed by atoms with E-state index in [1.165, 1.54) is 0 Å². The second kappa shape index (κ2) is 4.99. The van der Waals surface area contributed by atoms with Gasteiger partial charge in [0.2, 0.25) is 5.91 Å². The predicted octanol–water partition coefficient (Wildman–Crippen LogP) is 0.788. The number of para-hydroxylation sites is 1. The normalized spacial score (nSPS) is 11.2. The molecule has 16 heavy (non-hydrogen) atoms. The van der Waals surface area contributed by atoms with Gasteiger partial charge in [-0.25, -0.2) is 0 Å². The van der Waals surface area contributed by atoms with Gasteiger partial charge in [0.05, 0.1) is 6.42 Å². The van der Waals surface area contributed by atoms with Crippen LogP contribution in [0.5, 0.6) is 5.75 Å². The number of benzene rings is 1. The van der Waals surface area contributed by atoms with Crippen molar-refractivity contribution in [1.82, 2.24) is 5.32 Å². The van der Waals surface area contributed by atoms with Gasteiger partial charge in [-0.05, 0) is 19.9 Å². The molecule has 0 saturated carbocycles. The first-order chi connectivity index (χ1) is 7.38. The van der Waals surface area contributed by atoms with Crippen molar-refractivity contribution in [2.45, 2.75) is 25.8 Å². The molecule has 0 unspecified atom stereocenters. The zero-order valence-electron chi connectivity index (χ0n) is 9.66. The monoisotopic (exact) mass is 222 g/mol.